The second-order valence-corrected chi connectivity index (χ2v) is 6.72. The molecule has 1 heterocycles. The topological polar surface area (TPSA) is 58.6 Å². The quantitative estimate of drug-likeness (QED) is 0.828. The minimum Gasteiger partial charge on any atom is -0.489 e. The second-order valence-electron chi connectivity index (χ2n) is 5.77. The number of hydrogen-bond donors (Lipinski definition) is 1. The third kappa shape index (κ3) is 5.26. The van der Waals surface area contributed by atoms with Crippen LogP contribution in [0.2, 0.25) is 0 Å². The molecule has 0 unspecified atom stereocenters. The Bertz CT molecular complexity index is 736. The number of benzene rings is 2. The van der Waals surface area contributed by atoms with E-state index in [1.807, 2.05) is 54.6 Å². The van der Waals surface area contributed by atoms with E-state index in [-0.39, 0.29) is 18.4 Å². The number of ether oxygens (including phenoxy) is 1. The molecule has 2 aromatic carbocycles. The SMILES string of the molecule is O=C(CN1CSCC1=O)NCc1cccc(COc2ccccc2)c1. The van der Waals surface area contributed by atoms with E-state index in [0.717, 1.165) is 16.9 Å². The summed E-state index contributed by atoms with van der Waals surface area (Å²) in [4.78, 5) is 25.1. The predicted molar refractivity (Wildman–Crippen MR) is 98.1 cm³/mol. The first-order valence-electron chi connectivity index (χ1n) is 8.08. The van der Waals surface area contributed by atoms with Crippen LogP contribution in [0.25, 0.3) is 0 Å². The van der Waals surface area contributed by atoms with Gasteiger partial charge >= 0.3 is 0 Å². The molecule has 0 spiro atoms. The Morgan fingerprint density at radius 3 is 2.68 bits per heavy atom. The first kappa shape index (κ1) is 17.4. The summed E-state index contributed by atoms with van der Waals surface area (Å²) in [5.41, 5.74) is 2.05. The van der Waals surface area contributed by atoms with E-state index in [2.05, 4.69) is 5.32 Å². The molecular formula is C19H20N2O3S. The standard InChI is InChI=1S/C19H20N2O3S/c22-18(11-21-14-25-13-19(21)23)20-10-15-5-4-6-16(9-15)12-24-17-7-2-1-3-8-17/h1-9H,10-14H2,(H,20,22). The average Bonchev–Trinajstić information content (AvgIpc) is 3.04. The Balaban J connectivity index is 1.48. The number of carbonyl (C=O) groups excluding carboxylic acids is 2. The van der Waals surface area contributed by atoms with Crippen molar-refractivity contribution in [2.24, 2.45) is 0 Å². The van der Waals surface area contributed by atoms with E-state index >= 15 is 0 Å². The van der Waals surface area contributed by atoms with Crippen LogP contribution >= 0.6 is 11.8 Å². The maximum atomic E-state index is 12.0. The van der Waals surface area contributed by atoms with Gasteiger partial charge in [0.05, 0.1) is 11.6 Å². The molecule has 0 bridgehead atoms. The summed E-state index contributed by atoms with van der Waals surface area (Å²) in [7, 11) is 0. The molecule has 5 nitrogen and oxygen atoms in total. The van der Waals surface area contributed by atoms with Gasteiger partial charge in [0.25, 0.3) is 0 Å². The Kier molecular flexibility index (Phi) is 5.95. The van der Waals surface area contributed by atoms with Gasteiger partial charge in [-0.2, -0.15) is 0 Å². The summed E-state index contributed by atoms with van der Waals surface area (Å²) in [6.45, 7) is 1.04. The summed E-state index contributed by atoms with van der Waals surface area (Å²) in [5, 5.41) is 2.86. The molecule has 1 saturated heterocycles. The molecule has 1 fully saturated rings. The summed E-state index contributed by atoms with van der Waals surface area (Å²) < 4.78 is 5.74. The zero-order valence-corrected chi connectivity index (χ0v) is 14.6. The zero-order chi connectivity index (χ0) is 17.5. The molecule has 1 N–H and O–H groups in total. The fraction of sp³-hybridized carbons (Fsp3) is 0.263. The van der Waals surface area contributed by atoms with Crippen LogP contribution in [-0.2, 0) is 22.7 Å². The summed E-state index contributed by atoms with van der Waals surface area (Å²) >= 11 is 1.53. The van der Waals surface area contributed by atoms with Crippen LogP contribution in [0.5, 0.6) is 5.75 Å². The third-order valence-corrected chi connectivity index (χ3v) is 4.73. The van der Waals surface area contributed by atoms with Gasteiger partial charge < -0.3 is 15.0 Å². The average molecular weight is 356 g/mol. The van der Waals surface area contributed by atoms with Crippen molar-refractivity contribution in [3.63, 3.8) is 0 Å². The number of thioether (sulfide) groups is 1. The summed E-state index contributed by atoms with van der Waals surface area (Å²) in [6.07, 6.45) is 0. The van der Waals surface area contributed by atoms with Gasteiger partial charge in [-0.15, -0.1) is 11.8 Å². The largest absolute Gasteiger partial charge is 0.489 e. The Labute approximate surface area is 151 Å². The highest BCUT2D eigenvalue weighted by molar-refractivity contribution is 8.00. The molecule has 0 aromatic heterocycles. The molecule has 1 aliphatic heterocycles. The predicted octanol–water partition coefficient (Wildman–Crippen LogP) is 2.41. The molecule has 0 aliphatic carbocycles. The smallest absolute Gasteiger partial charge is 0.239 e. The number of hydrogen-bond acceptors (Lipinski definition) is 4. The molecule has 130 valence electrons. The van der Waals surface area contributed by atoms with Crippen molar-refractivity contribution >= 4 is 23.6 Å². The van der Waals surface area contributed by atoms with Crippen LogP contribution in [0, 0.1) is 0 Å². The number of carbonyl (C=O) groups is 2. The second kappa shape index (κ2) is 8.58. The monoisotopic (exact) mass is 356 g/mol. The maximum absolute atomic E-state index is 12.0. The number of rotatable bonds is 7. The van der Waals surface area contributed by atoms with E-state index in [0.29, 0.717) is 24.8 Å². The van der Waals surface area contributed by atoms with Crippen molar-refractivity contribution in [1.82, 2.24) is 10.2 Å². The van der Waals surface area contributed by atoms with Crippen molar-refractivity contribution < 1.29 is 14.3 Å². The van der Waals surface area contributed by atoms with Gasteiger partial charge in [0.2, 0.25) is 11.8 Å². The summed E-state index contributed by atoms with van der Waals surface area (Å²) in [6, 6.07) is 17.6. The van der Waals surface area contributed by atoms with Crippen molar-refractivity contribution in [1.29, 1.82) is 0 Å². The van der Waals surface area contributed by atoms with Gasteiger partial charge in [0, 0.05) is 6.54 Å². The van der Waals surface area contributed by atoms with Gasteiger partial charge in [0.1, 0.15) is 18.9 Å². The van der Waals surface area contributed by atoms with Crippen LogP contribution < -0.4 is 10.1 Å². The van der Waals surface area contributed by atoms with E-state index in [4.69, 9.17) is 4.74 Å². The normalized spacial score (nSPS) is 13.8. The highest BCUT2D eigenvalue weighted by Gasteiger charge is 2.22. The van der Waals surface area contributed by atoms with E-state index in [1.54, 1.807) is 4.90 Å². The fourth-order valence-electron chi connectivity index (χ4n) is 2.48. The first-order chi connectivity index (χ1) is 12.2. The van der Waals surface area contributed by atoms with Gasteiger partial charge in [-0.1, -0.05) is 42.5 Å². The van der Waals surface area contributed by atoms with Gasteiger partial charge in [0.15, 0.2) is 0 Å². The van der Waals surface area contributed by atoms with Crippen molar-refractivity contribution in [3.05, 3.63) is 65.7 Å². The number of nitrogens with zero attached hydrogens (tertiary/aromatic N) is 1. The number of amides is 2. The van der Waals surface area contributed by atoms with Crippen molar-refractivity contribution in [2.45, 2.75) is 13.2 Å². The minimum atomic E-state index is -0.137. The number of para-hydroxylation sites is 1. The van der Waals surface area contributed by atoms with Gasteiger partial charge in [-0.3, -0.25) is 9.59 Å². The van der Waals surface area contributed by atoms with E-state index in [1.165, 1.54) is 11.8 Å². The molecule has 2 aromatic rings. The van der Waals surface area contributed by atoms with Crippen LogP contribution in [0.15, 0.2) is 54.6 Å². The van der Waals surface area contributed by atoms with Crippen molar-refractivity contribution in [3.8, 4) is 5.75 Å². The Morgan fingerprint density at radius 1 is 1.12 bits per heavy atom. The Morgan fingerprint density at radius 2 is 1.92 bits per heavy atom. The molecular weight excluding hydrogens is 336 g/mol. The molecule has 3 rings (SSSR count). The molecule has 0 saturated carbocycles. The highest BCUT2D eigenvalue weighted by atomic mass is 32.2. The lowest BCUT2D eigenvalue weighted by atomic mass is 10.1. The third-order valence-electron chi connectivity index (χ3n) is 3.79. The molecule has 6 heteroatoms. The fourth-order valence-corrected chi connectivity index (χ4v) is 3.39. The van der Waals surface area contributed by atoms with Crippen LogP contribution in [0.4, 0.5) is 0 Å². The lowest BCUT2D eigenvalue weighted by Crippen LogP contribution is -2.37. The summed E-state index contributed by atoms with van der Waals surface area (Å²) in [5.74, 6) is 1.78. The van der Waals surface area contributed by atoms with E-state index < -0.39 is 0 Å². The molecule has 0 atom stereocenters. The zero-order valence-electron chi connectivity index (χ0n) is 13.8. The first-order valence-corrected chi connectivity index (χ1v) is 9.24. The van der Waals surface area contributed by atoms with Gasteiger partial charge in [-0.05, 0) is 23.3 Å². The number of nitrogens with one attached hydrogen (secondary N) is 1. The van der Waals surface area contributed by atoms with Crippen LogP contribution in [0.1, 0.15) is 11.1 Å². The lowest BCUT2D eigenvalue weighted by Gasteiger charge is -2.14. The Hall–Kier alpha value is -2.47. The van der Waals surface area contributed by atoms with E-state index in [9.17, 15) is 9.59 Å². The minimum absolute atomic E-state index is 0.0280. The molecule has 2 amide bonds. The van der Waals surface area contributed by atoms with Crippen molar-refractivity contribution in [2.75, 3.05) is 18.2 Å². The maximum Gasteiger partial charge on any atom is 0.239 e. The van der Waals surface area contributed by atoms with Crippen LogP contribution in [0.3, 0.4) is 0 Å². The molecule has 0 radical (unpaired) electrons. The van der Waals surface area contributed by atoms with Gasteiger partial charge in [-0.25, -0.2) is 0 Å². The van der Waals surface area contributed by atoms with Crippen LogP contribution in [-0.4, -0.2) is 34.9 Å². The lowest BCUT2D eigenvalue weighted by molar-refractivity contribution is -0.132. The molecule has 25 heavy (non-hydrogen) atoms. The highest BCUT2D eigenvalue weighted by Crippen LogP contribution is 2.14. The molecule has 1 aliphatic rings.